The minimum atomic E-state index is -4.85. The summed E-state index contributed by atoms with van der Waals surface area (Å²) < 4.78 is 171. The second-order valence-electron chi connectivity index (χ2n) is 38.6. The van der Waals surface area contributed by atoms with Gasteiger partial charge in [-0.2, -0.15) is 57.9 Å². The van der Waals surface area contributed by atoms with Crippen molar-refractivity contribution in [1.82, 2.24) is 19.6 Å². The first-order valence-electron chi connectivity index (χ1n) is 46.1. The van der Waals surface area contributed by atoms with Gasteiger partial charge < -0.3 is 61.7 Å². The average Bonchev–Trinajstić information content (AvgIpc) is 1.51. The number of carbonyl (C=O) groups excluding carboxylic acids is 6. The summed E-state index contributed by atoms with van der Waals surface area (Å²) in [5, 5.41) is 71.2. The van der Waals surface area contributed by atoms with Gasteiger partial charge in [0.25, 0.3) is 23.6 Å². The molecule has 0 unspecified atom stereocenters. The smallest absolute Gasteiger partial charge is 0.385 e. The van der Waals surface area contributed by atoms with Gasteiger partial charge in [-0.1, -0.05) is 133 Å². The van der Waals surface area contributed by atoms with E-state index in [1.165, 1.54) is 84.9 Å². The third-order valence-electron chi connectivity index (χ3n) is 29.2. The molecule has 0 saturated heterocycles. The summed E-state index contributed by atoms with van der Waals surface area (Å²) in [6.07, 6.45) is -2.56. The van der Waals surface area contributed by atoms with E-state index in [1.807, 2.05) is 58.3 Å². The Morgan fingerprint density at radius 2 is 0.581 bits per heavy atom. The predicted molar refractivity (Wildman–Crippen MR) is 479 cm³/mol. The van der Waals surface area contributed by atoms with Crippen LogP contribution in [0, 0.1) is 17.1 Å². The van der Waals surface area contributed by atoms with Crippen molar-refractivity contribution in [3.8, 4) is 6.07 Å². The number of nitriles is 1. The van der Waals surface area contributed by atoms with E-state index in [4.69, 9.17) is 11.5 Å². The fourth-order valence-electron chi connectivity index (χ4n) is 19.7. The van der Waals surface area contributed by atoms with Crippen LogP contribution in [0.1, 0.15) is 285 Å². The first-order valence-corrected chi connectivity index (χ1v) is 46.1. The van der Waals surface area contributed by atoms with Gasteiger partial charge >= 0.3 is 24.7 Å². The second-order valence-corrected chi connectivity index (χ2v) is 38.6. The first kappa shape index (κ1) is 102. The minimum Gasteiger partial charge on any atom is -0.385 e. The van der Waals surface area contributed by atoms with Gasteiger partial charge in [0.15, 0.2) is 22.4 Å². The molecule has 8 aliphatic carbocycles. The number of hydrogen-bond acceptors (Lipinski definition) is 13. The molecule has 16 rings (SSSR count). The van der Waals surface area contributed by atoms with E-state index in [2.05, 4.69) is 18.2 Å². The van der Waals surface area contributed by atoms with Crippen molar-refractivity contribution < 1.29 is 116 Å². The number of amides is 6. The van der Waals surface area contributed by atoms with Gasteiger partial charge in [0.2, 0.25) is 11.8 Å². The third-order valence-corrected chi connectivity index (χ3v) is 29.2. The number of carbonyl (C=O) groups is 6. The Labute approximate surface area is 780 Å². The Kier molecular flexibility index (Phi) is 29.9. The number of nitrogens with two attached hydrogens (primary N) is 2. The van der Waals surface area contributed by atoms with E-state index in [1.54, 1.807) is 46.2 Å². The lowest BCUT2D eigenvalue weighted by atomic mass is 9.66. The number of nitrogens with zero attached hydrogens (tertiary/aromatic N) is 5. The van der Waals surface area contributed by atoms with E-state index in [-0.39, 0.29) is 111 Å². The molecule has 10 N–H and O–H groups in total. The number of benzene rings is 8. The normalized spacial score (nSPS) is 24.8. The highest BCUT2D eigenvalue weighted by Gasteiger charge is 2.57. The third kappa shape index (κ3) is 22.2. The van der Waals surface area contributed by atoms with Crippen molar-refractivity contribution in [2.75, 3.05) is 0 Å². The molecular weight excluding hydrogens is 1790 g/mol. The fraction of sp³-hybridized carbons (Fsp3) is 0.471. The zero-order chi connectivity index (χ0) is 98.9. The maximum absolute atomic E-state index is 13.6. The molecular formula is C104H114F13N7O12. The Morgan fingerprint density at radius 1 is 0.331 bits per heavy atom. The van der Waals surface area contributed by atoms with Crippen LogP contribution in [0.25, 0.3) is 0 Å². The molecule has 8 aromatic carbocycles. The lowest BCUT2D eigenvalue weighted by molar-refractivity contribution is -0.259. The summed E-state index contributed by atoms with van der Waals surface area (Å²) in [4.78, 5) is 84.8. The molecule has 8 aliphatic rings. The lowest BCUT2D eigenvalue weighted by Gasteiger charge is -2.43. The van der Waals surface area contributed by atoms with Crippen LogP contribution < -0.4 is 11.5 Å². The molecule has 0 bridgehead atoms. The summed E-state index contributed by atoms with van der Waals surface area (Å²) in [6, 6.07) is 54.5. The summed E-state index contributed by atoms with van der Waals surface area (Å²) in [7, 11) is 0. The monoisotopic (exact) mass is 1900 g/mol. The molecule has 8 saturated carbocycles. The van der Waals surface area contributed by atoms with Crippen molar-refractivity contribution in [1.29, 1.82) is 5.26 Å². The van der Waals surface area contributed by atoms with Crippen molar-refractivity contribution in [2.24, 2.45) is 11.5 Å². The van der Waals surface area contributed by atoms with Gasteiger partial charge in [0.1, 0.15) is 5.82 Å². The van der Waals surface area contributed by atoms with Crippen LogP contribution in [0.15, 0.2) is 206 Å². The summed E-state index contributed by atoms with van der Waals surface area (Å²) in [5.41, 5.74) is -0.580. The van der Waals surface area contributed by atoms with Crippen LogP contribution in [0.4, 0.5) is 57.1 Å². The molecule has 32 heteroatoms. The van der Waals surface area contributed by atoms with Crippen molar-refractivity contribution in [2.45, 2.75) is 306 Å². The summed E-state index contributed by atoms with van der Waals surface area (Å²) in [6.45, 7) is 2.77. The molecule has 0 heterocycles. The molecule has 0 aliphatic heterocycles. The van der Waals surface area contributed by atoms with Gasteiger partial charge in [-0.3, -0.25) is 28.8 Å². The van der Waals surface area contributed by atoms with Crippen LogP contribution in [-0.2, 0) is 49.2 Å². The van der Waals surface area contributed by atoms with Crippen molar-refractivity contribution in [3.05, 3.63) is 284 Å². The molecule has 0 aromatic heterocycles. The highest BCUT2D eigenvalue weighted by Crippen LogP contribution is 2.51. The Hall–Kier alpha value is -11.1. The zero-order valence-corrected chi connectivity index (χ0v) is 75.9. The fourth-order valence-corrected chi connectivity index (χ4v) is 19.7. The molecule has 19 nitrogen and oxygen atoms in total. The number of hydrogen-bond donors (Lipinski definition) is 8. The van der Waals surface area contributed by atoms with Gasteiger partial charge in [0, 0.05) is 88.0 Å². The highest BCUT2D eigenvalue weighted by atomic mass is 19.4. The number of halogens is 13. The molecule has 6 amide bonds. The largest absolute Gasteiger partial charge is 0.421 e. The average molecular weight is 1900 g/mol. The highest BCUT2D eigenvalue weighted by molar-refractivity contribution is 5.97. The van der Waals surface area contributed by atoms with Crippen molar-refractivity contribution >= 4 is 35.4 Å². The lowest BCUT2D eigenvalue weighted by Crippen LogP contribution is -2.50. The van der Waals surface area contributed by atoms with E-state index < -0.39 is 81.4 Å². The zero-order valence-electron chi connectivity index (χ0n) is 75.9. The second kappa shape index (κ2) is 39.8. The van der Waals surface area contributed by atoms with Crippen LogP contribution >= 0.6 is 0 Å². The molecule has 8 aromatic rings. The maximum Gasteiger partial charge on any atom is 0.421 e. The van der Waals surface area contributed by atoms with E-state index in [0.717, 1.165) is 112 Å². The predicted octanol–water partition coefficient (Wildman–Crippen LogP) is 19.3. The Morgan fingerprint density at radius 3 is 0.838 bits per heavy atom. The molecule has 0 spiro atoms. The SMILES string of the molecule is C[C@](O)(c1ccc(C(=O)N(C2CC2)C2CCC(C(N)=O)(c3ccc(C(N)=O)cc3)CC2)cc1)C(F)(F)F.C[C@](O)(c1ccc(C(=O)N(C2CC2)C2CCC(CC#N)(c3ccccc3)CC2)cc1)C(F)(F)F.C[C@](O)(c1ccc(C(=O)N(C2CC2)C2CCC(O)(c3cccc(F)c3)CC2)cc1)C(F)(F)F.C[C@](O)(c1ccc(C(=O)N(C2CC2)C2CCC(O)(c3ccccc3)CC2)cc1)C(F)(F)F. The molecule has 0 radical (unpaired) electrons. The van der Waals surface area contributed by atoms with E-state index in [9.17, 15) is 122 Å². The quantitative estimate of drug-likeness (QED) is 0.0277. The molecule has 728 valence electrons. The molecule has 4 atom stereocenters. The standard InChI is InChI=1S/C27H30F3N3O4.C27H29F3N2O2.C25H27F4NO3.C25H28F3NO3/c1-25(37,27(28,29)30)18-6-4-17(5-7-18)23(35)33(20-10-11-20)21-12-14-26(15-13-21,24(32)36)19-8-2-16(3-9-19)22(31)34;1-25(34,27(28,29)30)20-9-7-19(8-10-20)24(33)32(22-11-12-22)23-13-15-26(16-14-23,17-18-31)21-5-3-2-4-6-21;1-23(32,25(27,28)29)17-7-5-16(6-8-17)22(31)30(20-9-10-20)21-11-13-24(33,14-12-21)18-3-2-4-19(26)15-18;1-23(31,25(26,27)28)18-9-7-17(8-10-18)22(30)29(20-11-12-20)21-13-15-24(32,16-14-21)19-5-3-2-4-6-19/h2-9,20-21,37H,10-15H2,1H3,(H2,31,34)(H2,32,36);2-10,22-23,34H,11-17H2,1H3;2-8,15,20-21,32-33H,9-14H2,1H3;2-10,20-21,31-32H,11-16H2,1H3/t21?,25-,26?;23?,25-,26?;2*21?,23-,24?/m0000/s1. The topological polar surface area (TPSA) is 313 Å². The maximum atomic E-state index is 13.6. The van der Waals surface area contributed by atoms with Crippen LogP contribution in [0.5, 0.6) is 0 Å². The summed E-state index contributed by atoms with van der Waals surface area (Å²) >= 11 is 0. The molecule has 8 fully saturated rings. The number of aliphatic hydroxyl groups is 6. The number of rotatable bonds is 23. The van der Waals surface area contributed by atoms with Crippen LogP contribution in [-0.4, -0.2) is 159 Å². The Bertz CT molecular complexity index is 5550. The van der Waals surface area contributed by atoms with E-state index >= 15 is 0 Å². The van der Waals surface area contributed by atoms with Crippen LogP contribution in [0.3, 0.4) is 0 Å². The molecule has 136 heavy (non-hydrogen) atoms. The van der Waals surface area contributed by atoms with Crippen LogP contribution in [0.2, 0.25) is 0 Å². The van der Waals surface area contributed by atoms with Crippen molar-refractivity contribution in [3.63, 3.8) is 0 Å². The van der Waals surface area contributed by atoms with Gasteiger partial charge in [-0.25, -0.2) is 4.39 Å². The van der Waals surface area contributed by atoms with Gasteiger partial charge in [-0.15, -0.1) is 0 Å². The number of alkyl halides is 12. The first-order chi connectivity index (χ1) is 63.8. The minimum absolute atomic E-state index is 0.0167. The van der Waals surface area contributed by atoms with E-state index in [0.29, 0.717) is 139 Å². The van der Waals surface area contributed by atoms with Gasteiger partial charge in [-0.05, 0) is 299 Å². The summed E-state index contributed by atoms with van der Waals surface area (Å²) in [5.74, 6) is -2.41. The number of primary amides is 2. The Balaban J connectivity index is 0.000000154. The van der Waals surface area contributed by atoms with Gasteiger partial charge in [0.05, 0.1) is 22.7 Å².